The van der Waals surface area contributed by atoms with Crippen LogP contribution in [0.5, 0.6) is 5.75 Å². The van der Waals surface area contributed by atoms with Crippen molar-refractivity contribution in [3.05, 3.63) is 88.0 Å². The summed E-state index contributed by atoms with van der Waals surface area (Å²) >= 11 is 0. The molecule has 4 aromatic rings. The second kappa shape index (κ2) is 15.8. The Kier molecular flexibility index (Phi) is 11.9. The SMILES string of the molecule is CC.CC(C)Oc1ccc(-c2nc(-c3cccc4c3CC[C@@H]4NC(C)(C)CCO)no2)cc1C#N.N#Cc1cccc2c1CC[C@@H]2N. The van der Waals surface area contributed by atoms with Gasteiger partial charge in [0.25, 0.3) is 5.89 Å². The van der Waals surface area contributed by atoms with Crippen molar-refractivity contribution >= 4 is 0 Å². The predicted molar refractivity (Wildman–Crippen MR) is 183 cm³/mol. The third-order valence-electron chi connectivity index (χ3n) is 8.39. The Morgan fingerprint density at radius 3 is 2.40 bits per heavy atom. The van der Waals surface area contributed by atoms with E-state index in [9.17, 15) is 10.4 Å². The maximum absolute atomic E-state index is 9.51. The number of hydrogen-bond acceptors (Lipinski definition) is 9. The van der Waals surface area contributed by atoms with E-state index < -0.39 is 0 Å². The molecule has 0 saturated carbocycles. The van der Waals surface area contributed by atoms with Crippen LogP contribution in [0.15, 0.2) is 59.1 Å². The fourth-order valence-corrected chi connectivity index (χ4v) is 6.19. The minimum Gasteiger partial charge on any atom is -0.490 e. The van der Waals surface area contributed by atoms with Crippen LogP contribution in [-0.2, 0) is 12.8 Å². The number of rotatable bonds is 8. The molecule has 2 atom stereocenters. The number of ether oxygens (including phenoxy) is 1. The van der Waals surface area contributed by atoms with Crippen molar-refractivity contribution in [2.75, 3.05) is 6.61 Å². The van der Waals surface area contributed by atoms with E-state index in [1.807, 2.05) is 64.1 Å². The molecule has 0 radical (unpaired) electrons. The van der Waals surface area contributed by atoms with Crippen molar-refractivity contribution in [2.24, 2.45) is 5.73 Å². The zero-order chi connectivity index (χ0) is 34.1. The highest BCUT2D eigenvalue weighted by molar-refractivity contribution is 5.67. The second-order valence-electron chi connectivity index (χ2n) is 12.5. The molecule has 47 heavy (non-hydrogen) atoms. The molecule has 3 aromatic carbocycles. The highest BCUT2D eigenvalue weighted by Crippen LogP contribution is 2.39. The Morgan fingerprint density at radius 1 is 1.00 bits per heavy atom. The average Bonchev–Trinajstić information content (AvgIpc) is 3.81. The van der Waals surface area contributed by atoms with Gasteiger partial charge in [0.2, 0.25) is 5.82 Å². The largest absolute Gasteiger partial charge is 0.490 e. The van der Waals surface area contributed by atoms with Crippen LogP contribution < -0.4 is 15.8 Å². The zero-order valence-corrected chi connectivity index (χ0v) is 28.3. The molecule has 0 fully saturated rings. The van der Waals surface area contributed by atoms with Crippen molar-refractivity contribution < 1.29 is 14.4 Å². The van der Waals surface area contributed by atoms with E-state index in [0.717, 1.165) is 47.9 Å². The molecule has 9 heteroatoms. The van der Waals surface area contributed by atoms with Gasteiger partial charge in [-0.2, -0.15) is 15.5 Å². The van der Waals surface area contributed by atoms with Crippen LogP contribution in [0.1, 0.15) is 106 Å². The number of hydrogen-bond donors (Lipinski definition) is 3. The quantitative estimate of drug-likeness (QED) is 0.181. The van der Waals surface area contributed by atoms with Gasteiger partial charge in [0.15, 0.2) is 0 Å². The maximum Gasteiger partial charge on any atom is 0.258 e. The number of nitrogens with one attached hydrogen (secondary N) is 1. The van der Waals surface area contributed by atoms with Gasteiger partial charge in [-0.15, -0.1) is 0 Å². The second-order valence-corrected chi connectivity index (χ2v) is 12.5. The van der Waals surface area contributed by atoms with Crippen LogP contribution in [0.3, 0.4) is 0 Å². The molecule has 6 rings (SSSR count). The van der Waals surface area contributed by atoms with Gasteiger partial charge in [-0.1, -0.05) is 49.3 Å². The number of nitrogens with zero attached hydrogens (tertiary/aromatic N) is 4. The molecular formula is C38H46N6O3. The van der Waals surface area contributed by atoms with E-state index in [1.54, 1.807) is 12.1 Å². The first-order chi connectivity index (χ1) is 22.6. The van der Waals surface area contributed by atoms with E-state index in [0.29, 0.717) is 35.0 Å². The van der Waals surface area contributed by atoms with Gasteiger partial charge in [-0.05, 0) is 106 Å². The first-order valence-corrected chi connectivity index (χ1v) is 16.5. The molecule has 0 amide bonds. The van der Waals surface area contributed by atoms with Gasteiger partial charge in [0, 0.05) is 35.4 Å². The maximum atomic E-state index is 9.51. The number of benzene rings is 3. The lowest BCUT2D eigenvalue weighted by Crippen LogP contribution is -2.41. The molecule has 2 aliphatic carbocycles. The lowest BCUT2D eigenvalue weighted by Gasteiger charge is -2.30. The monoisotopic (exact) mass is 634 g/mol. The molecule has 0 bridgehead atoms. The standard InChI is InChI=1S/C26H30N4O3.C10H10N2.C2H6/c1-16(2)32-23-11-8-17(14-18(23)15-27)25-28-24(30-33-25)21-7-5-6-20-19(21)9-10-22(20)29-26(3,4)12-13-31;11-6-7-2-1-3-9-8(7)4-5-10(9)12;1-2/h5-8,11,14,16,22,29,31H,9-10,12-13H2,1-4H3;1-3,10H,4-5,12H2;1-2H3/t22-;10-;/m00./s1. The molecule has 246 valence electrons. The van der Waals surface area contributed by atoms with Gasteiger partial charge in [0.05, 0.1) is 23.3 Å². The van der Waals surface area contributed by atoms with Crippen LogP contribution in [0.25, 0.3) is 22.8 Å². The van der Waals surface area contributed by atoms with Crippen LogP contribution in [0.4, 0.5) is 0 Å². The number of aliphatic hydroxyl groups excluding tert-OH is 1. The average molecular weight is 635 g/mol. The summed E-state index contributed by atoms with van der Waals surface area (Å²) in [6, 6.07) is 22.0. The normalized spacial score (nSPS) is 16.1. The van der Waals surface area contributed by atoms with Gasteiger partial charge in [0.1, 0.15) is 11.8 Å². The van der Waals surface area contributed by atoms with E-state index in [4.69, 9.17) is 20.3 Å². The molecule has 4 N–H and O–H groups in total. The molecule has 0 spiro atoms. The Morgan fingerprint density at radius 2 is 1.70 bits per heavy atom. The van der Waals surface area contributed by atoms with Crippen molar-refractivity contribution in [2.45, 2.75) is 97.4 Å². The topological polar surface area (TPSA) is 154 Å². The third kappa shape index (κ3) is 8.25. The van der Waals surface area contributed by atoms with E-state index in [2.05, 4.69) is 47.5 Å². The van der Waals surface area contributed by atoms with Crippen LogP contribution in [0.2, 0.25) is 0 Å². The summed E-state index contributed by atoms with van der Waals surface area (Å²) in [6.07, 6.45) is 4.51. The molecule has 1 heterocycles. The summed E-state index contributed by atoms with van der Waals surface area (Å²) in [5.41, 5.74) is 13.4. The van der Waals surface area contributed by atoms with Gasteiger partial charge >= 0.3 is 0 Å². The summed E-state index contributed by atoms with van der Waals surface area (Å²) in [5, 5.41) is 35.6. The molecule has 0 aliphatic heterocycles. The number of fused-ring (bicyclic) bond motifs is 2. The van der Waals surface area contributed by atoms with Crippen LogP contribution in [0, 0.1) is 22.7 Å². The zero-order valence-electron chi connectivity index (χ0n) is 28.3. The van der Waals surface area contributed by atoms with E-state index in [-0.39, 0.29) is 30.3 Å². The molecule has 0 unspecified atom stereocenters. The Labute approximate surface area is 278 Å². The molecular weight excluding hydrogens is 588 g/mol. The number of aromatic nitrogens is 2. The predicted octanol–water partition coefficient (Wildman–Crippen LogP) is 7.33. The van der Waals surface area contributed by atoms with Crippen molar-refractivity contribution in [3.8, 4) is 40.7 Å². The lowest BCUT2D eigenvalue weighted by molar-refractivity contribution is 0.218. The number of aliphatic hydroxyl groups is 1. The third-order valence-corrected chi connectivity index (χ3v) is 8.39. The first kappa shape index (κ1) is 35.3. The minimum absolute atomic E-state index is 0.0225. The minimum atomic E-state index is -0.153. The van der Waals surface area contributed by atoms with E-state index in [1.165, 1.54) is 11.1 Å². The fourth-order valence-electron chi connectivity index (χ4n) is 6.19. The summed E-state index contributed by atoms with van der Waals surface area (Å²) < 4.78 is 11.3. The molecule has 2 aliphatic rings. The Balaban J connectivity index is 0.000000297. The number of nitriles is 2. The fraction of sp³-hybridized carbons (Fsp3) is 0.421. The summed E-state index contributed by atoms with van der Waals surface area (Å²) in [5.74, 6) is 1.45. The Hall–Kier alpha value is -4.54. The molecule has 0 saturated heterocycles. The summed E-state index contributed by atoms with van der Waals surface area (Å²) in [4.78, 5) is 4.64. The molecule has 1 aromatic heterocycles. The van der Waals surface area contributed by atoms with Crippen molar-refractivity contribution in [1.29, 1.82) is 10.5 Å². The summed E-state index contributed by atoms with van der Waals surface area (Å²) in [7, 11) is 0. The van der Waals surface area contributed by atoms with Crippen molar-refractivity contribution in [1.82, 2.24) is 15.5 Å². The van der Waals surface area contributed by atoms with Gasteiger partial charge < -0.3 is 25.4 Å². The molecule has 9 nitrogen and oxygen atoms in total. The highest BCUT2D eigenvalue weighted by atomic mass is 16.5. The highest BCUT2D eigenvalue weighted by Gasteiger charge is 2.30. The smallest absolute Gasteiger partial charge is 0.258 e. The van der Waals surface area contributed by atoms with Gasteiger partial charge in [-0.25, -0.2) is 0 Å². The first-order valence-electron chi connectivity index (χ1n) is 16.5. The van der Waals surface area contributed by atoms with E-state index >= 15 is 0 Å². The van der Waals surface area contributed by atoms with Crippen LogP contribution in [-0.4, -0.2) is 33.5 Å². The number of nitrogens with two attached hydrogens (primary N) is 1. The summed E-state index contributed by atoms with van der Waals surface area (Å²) in [6.45, 7) is 12.2. The van der Waals surface area contributed by atoms with Crippen molar-refractivity contribution in [3.63, 3.8) is 0 Å². The van der Waals surface area contributed by atoms with Crippen LogP contribution >= 0.6 is 0 Å². The van der Waals surface area contributed by atoms with Gasteiger partial charge in [-0.3, -0.25) is 0 Å². The Bertz CT molecular complexity index is 1750. The lowest BCUT2D eigenvalue weighted by atomic mass is 9.97.